The van der Waals surface area contributed by atoms with Gasteiger partial charge in [-0.1, -0.05) is 0 Å². The SMILES string of the molecule is COc1cc(Nc2nc3n(n2)C=CN(c2cnn(C)c2)C3)ccc1NC(C)=O. The van der Waals surface area contributed by atoms with Gasteiger partial charge >= 0.3 is 0 Å². The summed E-state index contributed by atoms with van der Waals surface area (Å²) in [4.78, 5) is 17.9. The summed E-state index contributed by atoms with van der Waals surface area (Å²) in [5.74, 6) is 1.66. The zero-order valence-electron chi connectivity index (χ0n) is 15.7. The molecule has 1 aromatic carbocycles. The first-order chi connectivity index (χ1) is 13.5. The minimum absolute atomic E-state index is 0.160. The number of amides is 1. The van der Waals surface area contributed by atoms with Gasteiger partial charge in [-0.3, -0.25) is 9.48 Å². The lowest BCUT2D eigenvalue weighted by Crippen LogP contribution is -2.21. The molecule has 144 valence electrons. The van der Waals surface area contributed by atoms with Crippen molar-refractivity contribution in [1.29, 1.82) is 0 Å². The highest BCUT2D eigenvalue weighted by Gasteiger charge is 2.18. The summed E-state index contributed by atoms with van der Waals surface area (Å²) in [6.07, 6.45) is 7.54. The first-order valence-corrected chi connectivity index (χ1v) is 8.63. The molecule has 1 aliphatic rings. The van der Waals surface area contributed by atoms with E-state index in [1.165, 1.54) is 6.92 Å². The Balaban J connectivity index is 1.51. The number of aromatic nitrogens is 5. The molecule has 0 spiro atoms. The van der Waals surface area contributed by atoms with E-state index in [0.29, 0.717) is 23.9 Å². The molecule has 10 heteroatoms. The molecular weight excluding hydrogens is 360 g/mol. The van der Waals surface area contributed by atoms with E-state index in [2.05, 4.69) is 25.8 Å². The zero-order chi connectivity index (χ0) is 19.7. The summed E-state index contributed by atoms with van der Waals surface area (Å²) in [5.41, 5.74) is 2.34. The summed E-state index contributed by atoms with van der Waals surface area (Å²) in [6.45, 7) is 2.04. The number of benzene rings is 1. The number of aryl methyl sites for hydroxylation is 1. The normalized spacial score (nSPS) is 12.6. The molecule has 10 nitrogen and oxygen atoms in total. The van der Waals surface area contributed by atoms with Crippen molar-refractivity contribution in [1.82, 2.24) is 24.5 Å². The number of rotatable bonds is 5. The summed E-state index contributed by atoms with van der Waals surface area (Å²) in [7, 11) is 3.43. The van der Waals surface area contributed by atoms with Crippen LogP contribution in [0.1, 0.15) is 12.7 Å². The molecule has 2 N–H and O–H groups in total. The minimum atomic E-state index is -0.160. The second-order valence-corrected chi connectivity index (χ2v) is 6.32. The van der Waals surface area contributed by atoms with Crippen LogP contribution in [0.2, 0.25) is 0 Å². The molecule has 3 heterocycles. The summed E-state index contributed by atoms with van der Waals surface area (Å²) >= 11 is 0. The van der Waals surface area contributed by atoms with Crippen LogP contribution in [0.5, 0.6) is 5.75 Å². The first kappa shape index (κ1) is 17.6. The average Bonchev–Trinajstić information content (AvgIpc) is 3.27. The van der Waals surface area contributed by atoms with Crippen LogP contribution >= 0.6 is 0 Å². The van der Waals surface area contributed by atoms with E-state index < -0.39 is 0 Å². The Morgan fingerprint density at radius 1 is 1.29 bits per heavy atom. The Labute approximate surface area is 161 Å². The van der Waals surface area contributed by atoms with E-state index in [-0.39, 0.29) is 5.91 Å². The monoisotopic (exact) mass is 380 g/mol. The summed E-state index contributed by atoms with van der Waals surface area (Å²) < 4.78 is 8.84. The van der Waals surface area contributed by atoms with Crippen molar-refractivity contribution >= 4 is 35.1 Å². The van der Waals surface area contributed by atoms with Gasteiger partial charge in [0.2, 0.25) is 11.9 Å². The fraction of sp³-hybridized carbons (Fsp3) is 0.222. The molecule has 3 aromatic rings. The number of carbonyl (C=O) groups excluding carboxylic acids is 1. The van der Waals surface area contributed by atoms with Crippen LogP contribution in [0.4, 0.5) is 23.0 Å². The maximum Gasteiger partial charge on any atom is 0.247 e. The molecule has 0 atom stereocenters. The number of nitrogens with one attached hydrogen (secondary N) is 2. The Morgan fingerprint density at radius 3 is 2.86 bits per heavy atom. The van der Waals surface area contributed by atoms with Crippen LogP contribution in [-0.2, 0) is 18.4 Å². The maximum atomic E-state index is 11.3. The van der Waals surface area contributed by atoms with Gasteiger partial charge < -0.3 is 20.3 Å². The number of anilines is 4. The van der Waals surface area contributed by atoms with Gasteiger partial charge in [0.05, 0.1) is 31.2 Å². The maximum absolute atomic E-state index is 11.3. The minimum Gasteiger partial charge on any atom is -0.494 e. The van der Waals surface area contributed by atoms with Crippen molar-refractivity contribution < 1.29 is 9.53 Å². The van der Waals surface area contributed by atoms with Gasteiger partial charge in [-0.05, 0) is 12.1 Å². The van der Waals surface area contributed by atoms with Gasteiger partial charge in [-0.2, -0.15) is 10.1 Å². The predicted octanol–water partition coefficient (Wildman–Crippen LogP) is 2.17. The molecule has 0 unspecified atom stereocenters. The average molecular weight is 380 g/mol. The predicted molar refractivity (Wildman–Crippen MR) is 105 cm³/mol. The fourth-order valence-corrected chi connectivity index (χ4v) is 2.91. The number of hydrogen-bond donors (Lipinski definition) is 2. The molecule has 1 aliphatic heterocycles. The Morgan fingerprint density at radius 2 is 2.14 bits per heavy atom. The highest BCUT2D eigenvalue weighted by Crippen LogP contribution is 2.29. The summed E-state index contributed by atoms with van der Waals surface area (Å²) in [6, 6.07) is 5.37. The standard InChI is InChI=1S/C18H20N8O2/c1-12(27)20-15-5-4-13(8-16(15)28-3)21-18-22-17-11-25(6-7-26(17)23-18)14-9-19-24(2)10-14/h4-10H,11H2,1-3H3,(H,20,27)(H,21,23). The van der Waals surface area contributed by atoms with Crippen molar-refractivity contribution in [2.45, 2.75) is 13.5 Å². The van der Waals surface area contributed by atoms with Gasteiger partial charge in [-0.25, -0.2) is 4.68 Å². The number of hydrogen-bond acceptors (Lipinski definition) is 7. The van der Waals surface area contributed by atoms with Gasteiger partial charge in [0.25, 0.3) is 0 Å². The van der Waals surface area contributed by atoms with E-state index in [1.807, 2.05) is 36.6 Å². The van der Waals surface area contributed by atoms with E-state index in [0.717, 1.165) is 17.2 Å². The largest absolute Gasteiger partial charge is 0.494 e. The van der Waals surface area contributed by atoms with Crippen LogP contribution in [0.15, 0.2) is 36.8 Å². The van der Waals surface area contributed by atoms with Crippen LogP contribution in [0, 0.1) is 0 Å². The molecule has 0 bridgehead atoms. The van der Waals surface area contributed by atoms with Gasteiger partial charge in [0, 0.05) is 44.3 Å². The molecule has 28 heavy (non-hydrogen) atoms. The van der Waals surface area contributed by atoms with E-state index in [1.54, 1.807) is 34.8 Å². The number of nitrogens with zero attached hydrogens (tertiary/aromatic N) is 6. The van der Waals surface area contributed by atoms with Crippen LogP contribution in [-0.4, -0.2) is 37.6 Å². The van der Waals surface area contributed by atoms with Crippen LogP contribution in [0.3, 0.4) is 0 Å². The van der Waals surface area contributed by atoms with Gasteiger partial charge in [0.1, 0.15) is 5.75 Å². The zero-order valence-corrected chi connectivity index (χ0v) is 15.7. The molecule has 0 aliphatic carbocycles. The smallest absolute Gasteiger partial charge is 0.247 e. The fourth-order valence-electron chi connectivity index (χ4n) is 2.91. The lowest BCUT2D eigenvalue weighted by Gasteiger charge is -2.20. The number of fused-ring (bicyclic) bond motifs is 1. The van der Waals surface area contributed by atoms with E-state index in [4.69, 9.17) is 4.74 Å². The Hall–Kier alpha value is -3.82. The third-order valence-corrected chi connectivity index (χ3v) is 4.19. The second-order valence-electron chi connectivity index (χ2n) is 6.32. The van der Waals surface area contributed by atoms with Crippen molar-refractivity contribution in [2.75, 3.05) is 22.6 Å². The molecular formula is C18H20N8O2. The van der Waals surface area contributed by atoms with Gasteiger partial charge in [-0.15, -0.1) is 5.10 Å². The lowest BCUT2D eigenvalue weighted by molar-refractivity contribution is -0.114. The van der Waals surface area contributed by atoms with E-state index >= 15 is 0 Å². The summed E-state index contributed by atoms with van der Waals surface area (Å²) in [5, 5.41) is 14.6. The van der Waals surface area contributed by atoms with Gasteiger partial charge in [0.15, 0.2) is 5.82 Å². The highest BCUT2D eigenvalue weighted by atomic mass is 16.5. The molecule has 4 rings (SSSR count). The number of carbonyl (C=O) groups is 1. The Bertz CT molecular complexity index is 1050. The molecule has 0 fully saturated rings. The lowest BCUT2D eigenvalue weighted by atomic mass is 10.2. The third-order valence-electron chi connectivity index (χ3n) is 4.19. The highest BCUT2D eigenvalue weighted by molar-refractivity contribution is 5.90. The first-order valence-electron chi connectivity index (χ1n) is 8.63. The second kappa shape index (κ2) is 7.06. The van der Waals surface area contributed by atoms with Crippen molar-refractivity contribution in [3.8, 4) is 5.75 Å². The topological polar surface area (TPSA) is 102 Å². The van der Waals surface area contributed by atoms with Crippen LogP contribution in [0.25, 0.3) is 6.20 Å². The van der Waals surface area contributed by atoms with Crippen LogP contribution < -0.4 is 20.3 Å². The molecule has 0 saturated carbocycles. The molecule has 1 amide bonds. The third kappa shape index (κ3) is 3.52. The molecule has 0 radical (unpaired) electrons. The Kier molecular flexibility index (Phi) is 4.44. The van der Waals surface area contributed by atoms with Crippen molar-refractivity contribution in [3.63, 3.8) is 0 Å². The van der Waals surface area contributed by atoms with E-state index in [9.17, 15) is 4.79 Å². The van der Waals surface area contributed by atoms with Crippen molar-refractivity contribution in [3.05, 3.63) is 42.6 Å². The molecule has 0 saturated heterocycles. The van der Waals surface area contributed by atoms with Crippen molar-refractivity contribution in [2.24, 2.45) is 7.05 Å². The molecule has 2 aromatic heterocycles. The number of ether oxygens (including phenoxy) is 1. The quantitative estimate of drug-likeness (QED) is 0.699. The number of methoxy groups -OCH3 is 1.